The van der Waals surface area contributed by atoms with E-state index in [2.05, 4.69) is 0 Å². The van der Waals surface area contributed by atoms with Gasteiger partial charge in [-0.25, -0.2) is 13.2 Å². The zero-order valence-corrected chi connectivity index (χ0v) is 23.9. The van der Waals surface area contributed by atoms with Crippen molar-refractivity contribution in [2.45, 2.75) is 50.8 Å². The molecule has 0 aliphatic carbocycles. The molecule has 0 aromatic heterocycles. The largest absolute Gasteiger partial charge is 0.508 e. The first-order chi connectivity index (χ1) is 21.3. The molecule has 0 spiro atoms. The second-order valence-electron chi connectivity index (χ2n) is 10.2. The molecular weight excluding hydrogens is 577 g/mol. The van der Waals surface area contributed by atoms with Crippen molar-refractivity contribution in [3.05, 3.63) is 137 Å². The number of aromatic hydroxyl groups is 1. The van der Waals surface area contributed by atoms with E-state index in [0.717, 1.165) is 11.6 Å². The maximum Gasteiger partial charge on any atom is 0.132 e. The Morgan fingerprint density at radius 3 is 1.64 bits per heavy atom. The molecule has 44 heavy (non-hydrogen) atoms. The minimum atomic E-state index is -1.56. The summed E-state index contributed by atoms with van der Waals surface area (Å²) in [5, 5.41) is 32.1. The molecule has 4 atom stereocenters. The summed E-state index contributed by atoms with van der Waals surface area (Å²) >= 11 is 0. The van der Waals surface area contributed by atoms with Crippen LogP contribution in [0.5, 0.6) is 5.75 Å². The van der Waals surface area contributed by atoms with Crippen LogP contribution in [0.25, 0.3) is 0 Å². The zero-order valence-electron chi connectivity index (χ0n) is 23.9. The lowest BCUT2D eigenvalue weighted by Crippen LogP contribution is -2.49. The molecule has 0 bridgehead atoms. The lowest BCUT2D eigenvalue weighted by atomic mass is 10.0. The van der Waals surface area contributed by atoms with E-state index < -0.39 is 41.9 Å². The Labute approximate surface area is 254 Å². The van der Waals surface area contributed by atoms with Gasteiger partial charge in [0.1, 0.15) is 47.6 Å². The summed E-state index contributed by atoms with van der Waals surface area (Å²) in [5.74, 6) is -1.75. The molecule has 0 heterocycles. The first-order valence-corrected chi connectivity index (χ1v) is 14.0. The van der Waals surface area contributed by atoms with Crippen molar-refractivity contribution in [1.29, 1.82) is 0 Å². The van der Waals surface area contributed by atoms with Crippen molar-refractivity contribution >= 4 is 0 Å². The van der Waals surface area contributed by atoms with Gasteiger partial charge in [0.25, 0.3) is 0 Å². The third kappa shape index (κ3) is 10.2. The van der Waals surface area contributed by atoms with Crippen molar-refractivity contribution in [1.82, 2.24) is 0 Å². The molecule has 0 saturated carbocycles. The first kappa shape index (κ1) is 33.1. The maximum atomic E-state index is 14.2. The van der Waals surface area contributed by atoms with Crippen molar-refractivity contribution in [2.24, 2.45) is 0 Å². The quantitative estimate of drug-likeness (QED) is 0.146. The normalized spacial score (nSPS) is 14.2. The highest BCUT2D eigenvalue weighted by Gasteiger charge is 2.34. The van der Waals surface area contributed by atoms with E-state index in [-0.39, 0.29) is 51.0 Å². The van der Waals surface area contributed by atoms with Crippen molar-refractivity contribution in [3.63, 3.8) is 0 Å². The highest BCUT2D eigenvalue weighted by Crippen LogP contribution is 2.19. The molecule has 0 radical (unpaired) electrons. The van der Waals surface area contributed by atoms with Gasteiger partial charge in [-0.2, -0.15) is 0 Å². The average molecular weight is 613 g/mol. The maximum absolute atomic E-state index is 14.2. The lowest BCUT2D eigenvalue weighted by Gasteiger charge is -2.32. The van der Waals surface area contributed by atoms with E-state index in [9.17, 15) is 28.5 Å². The van der Waals surface area contributed by atoms with Crippen molar-refractivity contribution in [2.75, 3.05) is 13.2 Å². The highest BCUT2D eigenvalue weighted by molar-refractivity contribution is 5.27. The fourth-order valence-corrected chi connectivity index (χ4v) is 4.33. The summed E-state index contributed by atoms with van der Waals surface area (Å²) in [6, 6.07) is 24.5. The van der Waals surface area contributed by atoms with Gasteiger partial charge in [0, 0.05) is 17.2 Å². The Bertz CT molecular complexity index is 1420. The van der Waals surface area contributed by atoms with Gasteiger partial charge in [0.05, 0.1) is 39.6 Å². The average Bonchev–Trinajstić information content (AvgIpc) is 3.03. The Morgan fingerprint density at radius 1 is 0.545 bits per heavy atom. The number of halogens is 3. The molecule has 0 unspecified atom stereocenters. The van der Waals surface area contributed by atoms with Gasteiger partial charge in [0.15, 0.2) is 0 Å². The molecule has 0 saturated heterocycles. The summed E-state index contributed by atoms with van der Waals surface area (Å²) in [6.45, 7) is -0.705. The zero-order chi connectivity index (χ0) is 31.3. The summed E-state index contributed by atoms with van der Waals surface area (Å²) in [4.78, 5) is 0. The van der Waals surface area contributed by atoms with E-state index in [4.69, 9.17) is 18.9 Å². The number of hydrogen-bond donors (Lipinski definition) is 3. The van der Waals surface area contributed by atoms with Gasteiger partial charge in [-0.05, 0) is 35.4 Å². The van der Waals surface area contributed by atoms with Crippen LogP contribution in [0.2, 0.25) is 0 Å². The molecule has 3 N–H and O–H groups in total. The number of aliphatic hydroxyl groups excluding tert-OH is 2. The predicted molar refractivity (Wildman–Crippen MR) is 156 cm³/mol. The standard InChI is InChI=1S/C34H35F3O7/c35-27-13-10-24(11-14-27)18-44-32(21-41-19-25-8-4-5-9-29(25)36)34(40)33(39)31(43-17-23-6-2-1-3-7-23)22-42-20-26-12-15-28(38)16-30(26)37/h1-16,31-34,38-40H,17-22H2/t31-,32-,33-,34-/m1/s1. The number of phenolic OH excluding ortho intramolecular Hbond substituents is 1. The smallest absolute Gasteiger partial charge is 0.132 e. The van der Waals surface area contributed by atoms with Gasteiger partial charge in [-0.3, -0.25) is 0 Å². The Balaban J connectivity index is 1.46. The molecule has 4 rings (SSSR count). The van der Waals surface area contributed by atoms with Crippen LogP contribution < -0.4 is 0 Å². The summed E-state index contributed by atoms with van der Waals surface area (Å²) in [5.41, 5.74) is 1.91. The monoisotopic (exact) mass is 612 g/mol. The molecule has 234 valence electrons. The second kappa shape index (κ2) is 16.9. The number of rotatable bonds is 17. The summed E-state index contributed by atoms with van der Waals surface area (Å²) < 4.78 is 64.9. The molecule has 7 nitrogen and oxygen atoms in total. The van der Waals surface area contributed by atoms with Crippen LogP contribution >= 0.6 is 0 Å². The van der Waals surface area contributed by atoms with E-state index in [1.165, 1.54) is 42.5 Å². The van der Waals surface area contributed by atoms with Crippen LogP contribution in [-0.4, -0.2) is 52.9 Å². The van der Waals surface area contributed by atoms with Gasteiger partial charge >= 0.3 is 0 Å². The minimum absolute atomic E-state index is 0.0377. The Morgan fingerprint density at radius 2 is 1.07 bits per heavy atom. The number of ether oxygens (including phenoxy) is 4. The molecule has 0 amide bonds. The Hall–Kier alpha value is -3.77. The molecule has 0 fully saturated rings. The topological polar surface area (TPSA) is 97.6 Å². The van der Waals surface area contributed by atoms with Crippen LogP contribution in [0.15, 0.2) is 97.1 Å². The first-order valence-electron chi connectivity index (χ1n) is 14.0. The highest BCUT2D eigenvalue weighted by atomic mass is 19.1. The van der Waals surface area contributed by atoms with Crippen LogP contribution in [0.3, 0.4) is 0 Å². The number of benzene rings is 4. The summed E-state index contributed by atoms with van der Waals surface area (Å²) in [6.07, 6.45) is -5.32. The molecule has 4 aromatic rings. The van der Waals surface area contributed by atoms with Gasteiger partial charge in [-0.1, -0.05) is 66.7 Å². The third-order valence-electron chi connectivity index (χ3n) is 6.87. The number of hydrogen-bond acceptors (Lipinski definition) is 7. The van der Waals surface area contributed by atoms with E-state index in [1.54, 1.807) is 18.2 Å². The van der Waals surface area contributed by atoms with Crippen LogP contribution in [0.4, 0.5) is 13.2 Å². The fourth-order valence-electron chi connectivity index (χ4n) is 4.33. The van der Waals surface area contributed by atoms with E-state index in [1.807, 2.05) is 30.3 Å². The summed E-state index contributed by atoms with van der Waals surface area (Å²) in [7, 11) is 0. The van der Waals surface area contributed by atoms with E-state index >= 15 is 0 Å². The van der Waals surface area contributed by atoms with Crippen LogP contribution in [0, 0.1) is 17.5 Å². The molecule has 10 heteroatoms. The Kier molecular flexibility index (Phi) is 12.7. The second-order valence-corrected chi connectivity index (χ2v) is 10.2. The van der Waals surface area contributed by atoms with Gasteiger partial charge < -0.3 is 34.3 Å². The molecule has 0 aliphatic rings. The van der Waals surface area contributed by atoms with Gasteiger partial charge in [0.2, 0.25) is 0 Å². The van der Waals surface area contributed by atoms with E-state index in [0.29, 0.717) is 11.1 Å². The van der Waals surface area contributed by atoms with Gasteiger partial charge in [-0.15, -0.1) is 0 Å². The number of aliphatic hydroxyl groups is 2. The SMILES string of the molecule is Oc1ccc(COC[C@@H](OCc2ccccc2)[C@@H](O)[C@H](O)[C@@H](COCc2ccccc2F)OCc2ccc(F)cc2)c(F)c1. The molecular formula is C34H35F3O7. The minimum Gasteiger partial charge on any atom is -0.508 e. The van der Waals surface area contributed by atoms with Crippen LogP contribution in [0.1, 0.15) is 22.3 Å². The predicted octanol–water partition coefficient (Wildman–Crippen LogP) is 5.44. The van der Waals surface area contributed by atoms with Crippen molar-refractivity contribution in [3.8, 4) is 5.75 Å². The van der Waals surface area contributed by atoms with Crippen LogP contribution in [-0.2, 0) is 45.4 Å². The number of phenols is 1. The van der Waals surface area contributed by atoms with Crippen molar-refractivity contribution < 1.29 is 47.4 Å². The third-order valence-corrected chi connectivity index (χ3v) is 6.87. The molecule has 4 aromatic carbocycles. The fraction of sp³-hybridized carbons (Fsp3) is 0.294. The lowest BCUT2D eigenvalue weighted by molar-refractivity contribution is -0.170. The molecule has 0 aliphatic heterocycles.